The summed E-state index contributed by atoms with van der Waals surface area (Å²) in [5, 5.41) is 14.2. The second kappa shape index (κ2) is 9.37. The minimum Gasteiger partial charge on any atom is -0.493 e. The van der Waals surface area contributed by atoms with Gasteiger partial charge in [0.25, 0.3) is 5.56 Å². The first-order valence-electron chi connectivity index (χ1n) is 8.62. The summed E-state index contributed by atoms with van der Waals surface area (Å²) in [6, 6.07) is 6.59. The number of ether oxygens (including phenoxy) is 1. The number of hydrogen-bond donors (Lipinski definition) is 3. The van der Waals surface area contributed by atoms with Crippen molar-refractivity contribution in [1.82, 2.24) is 15.0 Å². The van der Waals surface area contributed by atoms with Crippen molar-refractivity contribution < 1.29 is 14.6 Å². The van der Waals surface area contributed by atoms with E-state index in [0.717, 1.165) is 17.2 Å². The number of unbranched alkanes of at least 4 members (excludes halogenated alkanes) is 1. The van der Waals surface area contributed by atoms with Crippen LogP contribution in [0.3, 0.4) is 0 Å². The summed E-state index contributed by atoms with van der Waals surface area (Å²) < 4.78 is 6.38. The van der Waals surface area contributed by atoms with E-state index >= 15 is 0 Å². The number of para-hydroxylation sites is 2. The van der Waals surface area contributed by atoms with Crippen LogP contribution in [-0.4, -0.2) is 33.4 Å². The van der Waals surface area contributed by atoms with Crippen LogP contribution in [-0.2, 0) is 4.79 Å². The molecule has 1 heterocycles. The minimum absolute atomic E-state index is 0.264. The second-order valence-electron chi connectivity index (χ2n) is 5.63. The van der Waals surface area contributed by atoms with E-state index in [2.05, 4.69) is 15.5 Å². The van der Waals surface area contributed by atoms with Gasteiger partial charge in [-0.1, -0.05) is 25.5 Å². The Bertz CT molecular complexity index is 945. The van der Waals surface area contributed by atoms with Gasteiger partial charge in [0, 0.05) is 6.42 Å². The highest BCUT2D eigenvalue weighted by Crippen LogP contribution is 2.25. The summed E-state index contributed by atoms with van der Waals surface area (Å²) in [6.07, 6.45) is 2.88. The normalized spacial score (nSPS) is 10.9. The lowest BCUT2D eigenvalue weighted by molar-refractivity contribution is -0.121. The van der Waals surface area contributed by atoms with Crippen LogP contribution in [0.4, 0.5) is 0 Å². The van der Waals surface area contributed by atoms with Crippen molar-refractivity contribution in [1.29, 1.82) is 0 Å². The Balaban J connectivity index is 2.43. The summed E-state index contributed by atoms with van der Waals surface area (Å²) in [5.41, 5.74) is 0.627. The lowest BCUT2D eigenvalue weighted by Gasteiger charge is -2.13. The maximum atomic E-state index is 12.2. The third kappa shape index (κ3) is 4.84. The van der Waals surface area contributed by atoms with Gasteiger partial charge in [0.15, 0.2) is 0 Å². The molecule has 9 nitrogen and oxygen atoms in total. The van der Waals surface area contributed by atoms with Crippen LogP contribution < -0.4 is 21.4 Å². The molecule has 0 atom stereocenters. The standard InChI is InChI=1S/C18H22N4O5/c1-3-5-10-15(23)21-19-11-12-16(24)20-18(26)22(17(12)25)13-8-6-7-9-14(13)27-4-2/h6-9,11,25H,3-5,10H2,1-2H3,(H,21,23)(H,20,24,26)/b19-11+. The van der Waals surface area contributed by atoms with Crippen molar-refractivity contribution in [3.8, 4) is 17.3 Å². The van der Waals surface area contributed by atoms with Gasteiger partial charge >= 0.3 is 5.69 Å². The number of carbonyl (C=O) groups excluding carboxylic acids is 1. The van der Waals surface area contributed by atoms with Crippen molar-refractivity contribution in [3.05, 3.63) is 50.7 Å². The van der Waals surface area contributed by atoms with E-state index in [4.69, 9.17) is 4.74 Å². The van der Waals surface area contributed by atoms with Gasteiger partial charge in [-0.25, -0.2) is 14.8 Å². The van der Waals surface area contributed by atoms with Gasteiger partial charge in [0.1, 0.15) is 11.3 Å². The topological polar surface area (TPSA) is 126 Å². The summed E-state index contributed by atoms with van der Waals surface area (Å²) in [5.74, 6) is -0.554. The van der Waals surface area contributed by atoms with Crippen LogP contribution in [0.25, 0.3) is 5.69 Å². The fourth-order valence-electron chi connectivity index (χ4n) is 2.36. The Kier molecular flexibility index (Phi) is 6.93. The molecule has 27 heavy (non-hydrogen) atoms. The van der Waals surface area contributed by atoms with Gasteiger partial charge in [-0.3, -0.25) is 14.6 Å². The molecule has 0 bridgehead atoms. The van der Waals surface area contributed by atoms with Crippen LogP contribution in [0.5, 0.6) is 11.6 Å². The van der Waals surface area contributed by atoms with Gasteiger partial charge in [-0.05, 0) is 25.5 Å². The number of aromatic amines is 1. The van der Waals surface area contributed by atoms with Gasteiger partial charge < -0.3 is 9.84 Å². The van der Waals surface area contributed by atoms with Gasteiger partial charge in [0.2, 0.25) is 11.8 Å². The number of carbonyl (C=O) groups is 1. The first-order chi connectivity index (χ1) is 13.0. The Morgan fingerprint density at radius 3 is 2.78 bits per heavy atom. The predicted octanol–water partition coefficient (Wildman–Crippen LogP) is 1.27. The average Bonchev–Trinajstić information content (AvgIpc) is 2.64. The number of aromatic hydroxyl groups is 1. The second-order valence-corrected chi connectivity index (χ2v) is 5.63. The number of rotatable bonds is 8. The molecule has 9 heteroatoms. The van der Waals surface area contributed by atoms with Crippen molar-refractivity contribution in [2.45, 2.75) is 33.1 Å². The molecule has 0 aliphatic rings. The number of amides is 1. The molecule has 0 saturated carbocycles. The molecule has 2 aromatic rings. The molecule has 0 aliphatic carbocycles. The first-order valence-corrected chi connectivity index (χ1v) is 8.62. The first kappa shape index (κ1) is 20.0. The molecule has 0 fully saturated rings. The molecular weight excluding hydrogens is 352 g/mol. The summed E-state index contributed by atoms with van der Waals surface area (Å²) in [7, 11) is 0. The molecule has 3 N–H and O–H groups in total. The van der Waals surface area contributed by atoms with E-state index in [1.165, 1.54) is 0 Å². The van der Waals surface area contributed by atoms with Gasteiger partial charge in [-0.15, -0.1) is 0 Å². The van der Waals surface area contributed by atoms with E-state index in [-0.39, 0.29) is 17.2 Å². The Morgan fingerprint density at radius 1 is 1.33 bits per heavy atom. The fourth-order valence-corrected chi connectivity index (χ4v) is 2.36. The third-order valence-corrected chi connectivity index (χ3v) is 3.67. The predicted molar refractivity (Wildman–Crippen MR) is 101 cm³/mol. The molecular formula is C18H22N4O5. The zero-order valence-electron chi connectivity index (χ0n) is 15.2. The third-order valence-electron chi connectivity index (χ3n) is 3.67. The van der Waals surface area contributed by atoms with Crippen LogP contribution in [0, 0.1) is 0 Å². The fraction of sp³-hybridized carbons (Fsp3) is 0.333. The molecule has 0 unspecified atom stereocenters. The summed E-state index contributed by atoms with van der Waals surface area (Å²) >= 11 is 0. The van der Waals surface area contributed by atoms with E-state index < -0.39 is 17.1 Å². The highest BCUT2D eigenvalue weighted by molar-refractivity contribution is 5.84. The molecule has 0 radical (unpaired) electrons. The number of nitrogens with zero attached hydrogens (tertiary/aromatic N) is 2. The molecule has 1 aromatic heterocycles. The Labute approximate surface area is 155 Å². The number of aromatic nitrogens is 2. The maximum absolute atomic E-state index is 12.2. The Morgan fingerprint density at radius 2 is 2.07 bits per heavy atom. The summed E-state index contributed by atoms with van der Waals surface area (Å²) in [4.78, 5) is 38.0. The quantitative estimate of drug-likeness (QED) is 0.474. The lowest BCUT2D eigenvalue weighted by atomic mass is 10.2. The highest BCUT2D eigenvalue weighted by atomic mass is 16.5. The van der Waals surface area contributed by atoms with E-state index in [1.54, 1.807) is 31.2 Å². The molecule has 0 aliphatic heterocycles. The molecule has 1 amide bonds. The summed E-state index contributed by atoms with van der Waals surface area (Å²) in [6.45, 7) is 4.09. The van der Waals surface area contributed by atoms with E-state index in [0.29, 0.717) is 25.2 Å². The number of nitrogens with one attached hydrogen (secondary N) is 2. The highest BCUT2D eigenvalue weighted by Gasteiger charge is 2.17. The maximum Gasteiger partial charge on any atom is 0.335 e. The largest absolute Gasteiger partial charge is 0.493 e. The van der Waals surface area contributed by atoms with Crippen molar-refractivity contribution in [2.75, 3.05) is 6.61 Å². The SMILES string of the molecule is CCCCC(=O)N/N=C/c1c(O)n(-c2ccccc2OCC)c(=O)[nH]c1=O. The molecule has 2 rings (SSSR count). The number of hydrogen-bond acceptors (Lipinski definition) is 6. The molecule has 144 valence electrons. The van der Waals surface area contributed by atoms with Crippen molar-refractivity contribution in [3.63, 3.8) is 0 Å². The van der Waals surface area contributed by atoms with Gasteiger partial charge in [0.05, 0.1) is 18.5 Å². The van der Waals surface area contributed by atoms with E-state index in [1.807, 2.05) is 6.92 Å². The molecule has 0 spiro atoms. The lowest BCUT2D eigenvalue weighted by Crippen LogP contribution is -2.32. The zero-order valence-corrected chi connectivity index (χ0v) is 15.2. The van der Waals surface area contributed by atoms with Crippen LogP contribution in [0.15, 0.2) is 39.0 Å². The number of benzene rings is 1. The Hall–Kier alpha value is -3.36. The van der Waals surface area contributed by atoms with E-state index in [9.17, 15) is 19.5 Å². The number of H-pyrrole nitrogens is 1. The van der Waals surface area contributed by atoms with Crippen LogP contribution in [0.1, 0.15) is 38.7 Å². The van der Waals surface area contributed by atoms with Crippen molar-refractivity contribution >= 4 is 12.1 Å². The average molecular weight is 374 g/mol. The van der Waals surface area contributed by atoms with Crippen LogP contribution in [0.2, 0.25) is 0 Å². The van der Waals surface area contributed by atoms with Crippen LogP contribution >= 0.6 is 0 Å². The molecule has 1 aromatic carbocycles. The molecule has 0 saturated heterocycles. The smallest absolute Gasteiger partial charge is 0.335 e. The van der Waals surface area contributed by atoms with Gasteiger partial charge in [-0.2, -0.15) is 5.10 Å². The monoisotopic (exact) mass is 374 g/mol. The zero-order chi connectivity index (χ0) is 19.8. The van der Waals surface area contributed by atoms with Crippen molar-refractivity contribution in [2.24, 2.45) is 5.10 Å². The minimum atomic E-state index is -0.825. The number of hydrazone groups is 1.